The predicted octanol–water partition coefficient (Wildman–Crippen LogP) is 2.02. The lowest BCUT2D eigenvalue weighted by atomic mass is 10.3. The number of hydrogen-bond donors (Lipinski definition) is 1. The largest absolute Gasteiger partial charge is 0.476 e. The van der Waals surface area contributed by atoms with Crippen LogP contribution in [0, 0.1) is 0 Å². The van der Waals surface area contributed by atoms with Crippen LogP contribution >= 0.6 is 0 Å². The van der Waals surface area contributed by atoms with E-state index in [2.05, 4.69) is 0 Å². The van der Waals surface area contributed by atoms with Gasteiger partial charge in [0.25, 0.3) is 0 Å². The highest BCUT2D eigenvalue weighted by Gasteiger charge is 2.12. The first kappa shape index (κ1) is 9.07. The van der Waals surface area contributed by atoms with Gasteiger partial charge in [0.05, 0.1) is 0 Å². The van der Waals surface area contributed by atoms with Crippen LogP contribution in [-0.4, -0.2) is 11.1 Å². The first-order valence-electron chi connectivity index (χ1n) is 2.87. The number of rotatable bonds is 3. The summed E-state index contributed by atoms with van der Waals surface area (Å²) in [5.41, 5.74) is 0. The maximum Gasteiger partial charge on any atom is 0.367 e. The Labute approximate surface area is 57.2 Å². The number of carboxylic acid groups (broad SMARTS) is 1. The molecule has 0 rings (SSSR count). The van der Waals surface area contributed by atoms with Gasteiger partial charge in [-0.3, -0.25) is 0 Å². The van der Waals surface area contributed by atoms with E-state index in [-0.39, 0.29) is 6.42 Å². The molecule has 0 spiro atoms. The molecule has 0 atom stereocenters. The van der Waals surface area contributed by atoms with Gasteiger partial charge in [-0.05, 0) is 6.42 Å². The van der Waals surface area contributed by atoms with Crippen LogP contribution in [0.15, 0.2) is 11.7 Å². The van der Waals surface area contributed by atoms with Crippen molar-refractivity contribution in [1.82, 2.24) is 0 Å². The van der Waals surface area contributed by atoms with Gasteiger partial charge in [0.15, 0.2) is 0 Å². The van der Waals surface area contributed by atoms with Crippen molar-refractivity contribution in [3.63, 3.8) is 0 Å². The Balaban J connectivity index is 4.19. The van der Waals surface area contributed by atoms with Crippen LogP contribution in [0.4, 0.5) is 8.78 Å². The Morgan fingerprint density at radius 1 is 1.50 bits per heavy atom. The molecular weight excluding hydrogens is 142 g/mol. The Bertz CT molecular complexity index is 163. The number of halogens is 2. The Kier molecular flexibility index (Phi) is 3.61. The summed E-state index contributed by atoms with van der Waals surface area (Å²) in [6.07, 6.45) is 0.241. The van der Waals surface area contributed by atoms with Crippen molar-refractivity contribution in [3.05, 3.63) is 11.7 Å². The second kappa shape index (κ2) is 3.98. The van der Waals surface area contributed by atoms with Crippen LogP contribution in [0.5, 0.6) is 0 Å². The molecular formula is C6H8F2O2. The normalized spacial score (nSPS) is 12.7. The summed E-state index contributed by atoms with van der Waals surface area (Å²) < 4.78 is 24.2. The summed E-state index contributed by atoms with van der Waals surface area (Å²) in [6.45, 7) is 1.63. The zero-order valence-corrected chi connectivity index (χ0v) is 5.53. The quantitative estimate of drug-likeness (QED) is 0.625. The second-order valence-electron chi connectivity index (χ2n) is 1.77. The van der Waals surface area contributed by atoms with E-state index in [1.807, 2.05) is 0 Å². The molecule has 0 aliphatic heterocycles. The van der Waals surface area contributed by atoms with E-state index in [0.29, 0.717) is 6.42 Å². The summed E-state index contributed by atoms with van der Waals surface area (Å²) >= 11 is 0. The Morgan fingerprint density at radius 3 is 2.30 bits per heavy atom. The average molecular weight is 150 g/mol. The van der Waals surface area contributed by atoms with Crippen LogP contribution in [0.25, 0.3) is 0 Å². The van der Waals surface area contributed by atoms with Gasteiger partial charge in [0.1, 0.15) is 5.83 Å². The van der Waals surface area contributed by atoms with Crippen LogP contribution in [0.2, 0.25) is 0 Å². The molecule has 58 valence electrons. The van der Waals surface area contributed by atoms with Gasteiger partial charge < -0.3 is 5.11 Å². The smallest absolute Gasteiger partial charge is 0.367 e. The summed E-state index contributed by atoms with van der Waals surface area (Å²) in [5.74, 6) is -4.71. The fourth-order valence-electron chi connectivity index (χ4n) is 0.445. The third kappa shape index (κ3) is 2.57. The maximum atomic E-state index is 12.2. The SMILES string of the molecule is CCC/C(F)=C(/F)C(=O)O. The van der Waals surface area contributed by atoms with E-state index >= 15 is 0 Å². The van der Waals surface area contributed by atoms with E-state index in [1.165, 1.54) is 0 Å². The molecule has 2 nitrogen and oxygen atoms in total. The van der Waals surface area contributed by atoms with Crippen LogP contribution < -0.4 is 0 Å². The molecule has 0 bridgehead atoms. The third-order valence-corrected chi connectivity index (χ3v) is 0.895. The van der Waals surface area contributed by atoms with Crippen LogP contribution in [0.1, 0.15) is 19.8 Å². The minimum Gasteiger partial charge on any atom is -0.476 e. The molecule has 0 amide bonds. The Morgan fingerprint density at radius 2 is 2.00 bits per heavy atom. The van der Waals surface area contributed by atoms with Gasteiger partial charge in [-0.1, -0.05) is 6.92 Å². The molecule has 0 aromatic carbocycles. The van der Waals surface area contributed by atoms with Crippen molar-refractivity contribution in [2.45, 2.75) is 19.8 Å². The fourth-order valence-corrected chi connectivity index (χ4v) is 0.445. The van der Waals surface area contributed by atoms with Crippen molar-refractivity contribution < 1.29 is 18.7 Å². The molecule has 0 aliphatic rings. The molecule has 4 heteroatoms. The molecule has 1 N–H and O–H groups in total. The van der Waals surface area contributed by atoms with E-state index in [9.17, 15) is 13.6 Å². The first-order valence-corrected chi connectivity index (χ1v) is 2.87. The van der Waals surface area contributed by atoms with Crippen molar-refractivity contribution >= 4 is 5.97 Å². The highest BCUT2D eigenvalue weighted by atomic mass is 19.2. The summed E-state index contributed by atoms with van der Waals surface area (Å²) in [6, 6.07) is 0. The topological polar surface area (TPSA) is 37.3 Å². The molecule has 0 radical (unpaired) electrons. The molecule has 0 saturated carbocycles. The van der Waals surface area contributed by atoms with Gasteiger partial charge in [0, 0.05) is 6.42 Å². The van der Waals surface area contributed by atoms with Crippen molar-refractivity contribution in [1.29, 1.82) is 0 Å². The molecule has 0 unspecified atom stereocenters. The standard InChI is InChI=1S/C6H8F2O2/c1-2-3-4(7)5(8)6(9)10/h2-3H2,1H3,(H,9,10)/b5-4-. The maximum absolute atomic E-state index is 12.2. The van der Waals surface area contributed by atoms with Gasteiger partial charge in [-0.25, -0.2) is 9.18 Å². The van der Waals surface area contributed by atoms with Gasteiger partial charge in [0.2, 0.25) is 5.83 Å². The van der Waals surface area contributed by atoms with Crippen molar-refractivity contribution in [2.75, 3.05) is 0 Å². The zero-order chi connectivity index (χ0) is 8.15. The highest BCUT2D eigenvalue weighted by molar-refractivity contribution is 5.84. The van der Waals surface area contributed by atoms with Gasteiger partial charge in [-0.2, -0.15) is 4.39 Å². The van der Waals surface area contributed by atoms with Crippen LogP contribution in [0.3, 0.4) is 0 Å². The number of allylic oxidation sites excluding steroid dienone is 1. The van der Waals surface area contributed by atoms with Crippen LogP contribution in [-0.2, 0) is 4.79 Å². The average Bonchev–Trinajstić information content (AvgIpc) is 1.87. The first-order chi connectivity index (χ1) is 4.59. The van der Waals surface area contributed by atoms with Gasteiger partial charge in [-0.15, -0.1) is 0 Å². The van der Waals surface area contributed by atoms with E-state index in [0.717, 1.165) is 0 Å². The number of carboxylic acids is 1. The fraction of sp³-hybridized carbons (Fsp3) is 0.500. The highest BCUT2D eigenvalue weighted by Crippen LogP contribution is 2.13. The molecule has 0 fully saturated rings. The molecule has 0 aliphatic carbocycles. The monoisotopic (exact) mass is 150 g/mol. The molecule has 10 heavy (non-hydrogen) atoms. The molecule has 0 aromatic rings. The molecule has 0 saturated heterocycles. The Hall–Kier alpha value is -0.930. The predicted molar refractivity (Wildman–Crippen MR) is 31.8 cm³/mol. The summed E-state index contributed by atoms with van der Waals surface area (Å²) in [7, 11) is 0. The minimum atomic E-state index is -1.84. The van der Waals surface area contributed by atoms with Crippen molar-refractivity contribution in [3.8, 4) is 0 Å². The number of carbonyl (C=O) groups is 1. The molecule has 0 aromatic heterocycles. The molecule has 0 heterocycles. The summed E-state index contributed by atoms with van der Waals surface area (Å²) in [4.78, 5) is 9.74. The van der Waals surface area contributed by atoms with Crippen molar-refractivity contribution in [2.24, 2.45) is 0 Å². The number of hydrogen-bond acceptors (Lipinski definition) is 1. The van der Waals surface area contributed by atoms with E-state index in [1.54, 1.807) is 6.92 Å². The summed E-state index contributed by atoms with van der Waals surface area (Å²) in [5, 5.41) is 7.91. The lowest BCUT2D eigenvalue weighted by Gasteiger charge is -1.92. The zero-order valence-electron chi connectivity index (χ0n) is 5.53. The van der Waals surface area contributed by atoms with Gasteiger partial charge >= 0.3 is 5.97 Å². The number of aliphatic carboxylic acids is 1. The second-order valence-corrected chi connectivity index (χ2v) is 1.77. The third-order valence-electron chi connectivity index (χ3n) is 0.895. The van der Waals surface area contributed by atoms with E-state index in [4.69, 9.17) is 5.11 Å². The van der Waals surface area contributed by atoms with E-state index < -0.39 is 17.6 Å². The lowest BCUT2D eigenvalue weighted by Crippen LogP contribution is -1.97. The lowest BCUT2D eigenvalue weighted by molar-refractivity contribution is -0.134. The minimum absolute atomic E-state index is 0.155.